The van der Waals surface area contributed by atoms with Gasteiger partial charge in [0.05, 0.1) is 0 Å². The molecule has 0 amide bonds. The Balaban J connectivity index is 0.00000125. The van der Waals surface area contributed by atoms with E-state index in [1.54, 1.807) is 11.8 Å². The predicted molar refractivity (Wildman–Crippen MR) is 85.4 cm³/mol. The number of benzene rings is 2. The van der Waals surface area contributed by atoms with E-state index in [0.717, 1.165) is 11.3 Å². The van der Waals surface area contributed by atoms with Crippen LogP contribution in [0, 0.1) is 6.07 Å². The van der Waals surface area contributed by atoms with Crippen molar-refractivity contribution >= 4 is 33.3 Å². The van der Waals surface area contributed by atoms with Crippen molar-refractivity contribution in [1.82, 2.24) is 9.97 Å². The van der Waals surface area contributed by atoms with Gasteiger partial charge in [-0.3, -0.25) is 4.98 Å². The van der Waals surface area contributed by atoms with Gasteiger partial charge in [0, 0.05) is 49.0 Å². The fourth-order valence-electron chi connectivity index (χ4n) is 3.00. The molecule has 0 saturated heterocycles. The Morgan fingerprint density at radius 1 is 1.00 bits per heavy atom. The molecule has 0 aliphatic carbocycles. The van der Waals surface area contributed by atoms with Crippen LogP contribution < -0.4 is 0 Å². The molecule has 107 valence electrons. The first-order valence-electron chi connectivity index (χ1n) is 6.76. The second-order valence-electron chi connectivity index (χ2n) is 5.07. The van der Waals surface area contributed by atoms with Gasteiger partial charge in [-0.25, -0.2) is 0 Å². The van der Waals surface area contributed by atoms with Crippen molar-refractivity contribution in [3.05, 3.63) is 61.1 Å². The van der Waals surface area contributed by atoms with Crippen molar-refractivity contribution in [3.8, 4) is 11.3 Å². The zero-order chi connectivity index (χ0) is 13.8. The van der Waals surface area contributed by atoms with E-state index in [-0.39, 0.29) is 20.1 Å². The summed E-state index contributed by atoms with van der Waals surface area (Å²) in [6, 6.07) is 15.8. The van der Waals surface area contributed by atoms with Crippen LogP contribution in [0.2, 0.25) is 0 Å². The summed E-state index contributed by atoms with van der Waals surface area (Å²) in [4.78, 5) is 11.3. The topological polar surface area (TPSA) is 25.8 Å². The Labute approximate surface area is 145 Å². The molecule has 4 aromatic rings. The van der Waals surface area contributed by atoms with E-state index in [1.807, 2.05) is 30.7 Å². The van der Waals surface area contributed by atoms with E-state index in [1.165, 1.54) is 31.3 Å². The molecule has 2 aromatic heterocycles. The molecular formula is C18H9IrN2S-. The third kappa shape index (κ3) is 1.85. The van der Waals surface area contributed by atoms with Crippen LogP contribution >= 0.6 is 11.8 Å². The van der Waals surface area contributed by atoms with Crippen molar-refractivity contribution in [2.75, 3.05) is 0 Å². The minimum atomic E-state index is 0. The molecule has 0 N–H and O–H groups in total. The second kappa shape index (κ2) is 5.16. The maximum atomic E-state index is 4.63. The number of rotatable bonds is 0. The molecule has 0 bridgehead atoms. The fourth-order valence-corrected chi connectivity index (χ4v) is 4.13. The summed E-state index contributed by atoms with van der Waals surface area (Å²) in [5.74, 6) is 0. The number of pyridine rings is 2. The number of hydrogen-bond acceptors (Lipinski definition) is 3. The SMILES string of the molecule is [Ir].[c-]1cccc2c1-c1nccc3c1c(cc1cnccc13)S2. The summed E-state index contributed by atoms with van der Waals surface area (Å²) in [5.41, 5.74) is 2.14. The van der Waals surface area contributed by atoms with Gasteiger partial charge in [0.2, 0.25) is 0 Å². The monoisotopic (exact) mass is 478 g/mol. The summed E-state index contributed by atoms with van der Waals surface area (Å²) in [5, 5.41) is 4.88. The van der Waals surface area contributed by atoms with Crippen LogP contribution in [0.25, 0.3) is 32.8 Å². The molecule has 3 heterocycles. The molecule has 0 atom stereocenters. The third-order valence-corrected chi connectivity index (χ3v) is 5.00. The van der Waals surface area contributed by atoms with Gasteiger partial charge < -0.3 is 4.98 Å². The summed E-state index contributed by atoms with van der Waals surface area (Å²) in [6.45, 7) is 0. The summed E-state index contributed by atoms with van der Waals surface area (Å²) in [6.07, 6.45) is 5.67. The molecule has 1 aliphatic heterocycles. The average molecular weight is 478 g/mol. The van der Waals surface area contributed by atoms with Gasteiger partial charge in [0.15, 0.2) is 0 Å². The molecule has 2 nitrogen and oxygen atoms in total. The zero-order valence-corrected chi connectivity index (χ0v) is 14.5. The van der Waals surface area contributed by atoms with Crippen molar-refractivity contribution in [2.45, 2.75) is 9.79 Å². The maximum absolute atomic E-state index is 4.63. The molecule has 4 heteroatoms. The van der Waals surface area contributed by atoms with Gasteiger partial charge in [-0.05, 0) is 40.1 Å². The molecule has 0 saturated carbocycles. The minimum absolute atomic E-state index is 0. The van der Waals surface area contributed by atoms with Crippen molar-refractivity contribution in [2.24, 2.45) is 0 Å². The molecule has 0 fully saturated rings. The first kappa shape index (κ1) is 13.9. The van der Waals surface area contributed by atoms with Crippen LogP contribution in [0.1, 0.15) is 0 Å². The third-order valence-electron chi connectivity index (χ3n) is 3.90. The van der Waals surface area contributed by atoms with Gasteiger partial charge in [-0.1, -0.05) is 4.90 Å². The van der Waals surface area contributed by atoms with Gasteiger partial charge >= 0.3 is 0 Å². The second-order valence-corrected chi connectivity index (χ2v) is 6.15. The van der Waals surface area contributed by atoms with Gasteiger partial charge in [-0.2, -0.15) is 0 Å². The summed E-state index contributed by atoms with van der Waals surface area (Å²) >= 11 is 1.79. The van der Waals surface area contributed by atoms with E-state index in [9.17, 15) is 0 Å². The van der Waals surface area contributed by atoms with Crippen LogP contribution in [-0.2, 0) is 20.1 Å². The Morgan fingerprint density at radius 3 is 2.86 bits per heavy atom. The summed E-state index contributed by atoms with van der Waals surface area (Å²) in [7, 11) is 0. The number of hydrogen-bond donors (Lipinski definition) is 0. The zero-order valence-electron chi connectivity index (χ0n) is 11.3. The van der Waals surface area contributed by atoms with Gasteiger partial charge in [0.25, 0.3) is 0 Å². The smallest absolute Gasteiger partial charge is 0.0346 e. The molecular weight excluding hydrogens is 468 g/mol. The predicted octanol–water partition coefficient (Wildman–Crippen LogP) is 4.71. The van der Waals surface area contributed by atoms with Crippen LogP contribution in [0.15, 0.2) is 64.8 Å². The van der Waals surface area contributed by atoms with Crippen molar-refractivity contribution in [1.29, 1.82) is 0 Å². The standard InChI is InChI=1S/C18H9N2S.Ir/c1-2-4-15-14(3-1)18-17-13(6-8-20-18)12-5-7-19-10-11(12)9-16(17)21-15;/h1-2,4-10H;/q-1;. The molecule has 0 spiro atoms. The first-order chi connectivity index (χ1) is 10.4. The average Bonchev–Trinajstić information content (AvgIpc) is 2.55. The summed E-state index contributed by atoms with van der Waals surface area (Å²) < 4.78 is 0. The fraction of sp³-hybridized carbons (Fsp3) is 0. The van der Waals surface area contributed by atoms with Crippen molar-refractivity contribution in [3.63, 3.8) is 0 Å². The van der Waals surface area contributed by atoms with Gasteiger partial charge in [-0.15, -0.1) is 41.6 Å². The molecule has 2 aromatic carbocycles. The largest absolute Gasteiger partial charge is 0.304 e. The molecule has 1 aliphatic rings. The van der Waals surface area contributed by atoms with Crippen LogP contribution in [0.4, 0.5) is 0 Å². The Bertz CT molecular complexity index is 1030. The van der Waals surface area contributed by atoms with E-state index >= 15 is 0 Å². The van der Waals surface area contributed by atoms with Crippen LogP contribution in [0.5, 0.6) is 0 Å². The Morgan fingerprint density at radius 2 is 1.91 bits per heavy atom. The number of fused-ring (bicyclic) bond motifs is 4. The minimum Gasteiger partial charge on any atom is -0.304 e. The first-order valence-corrected chi connectivity index (χ1v) is 7.58. The molecule has 22 heavy (non-hydrogen) atoms. The number of nitrogens with zero attached hydrogens (tertiary/aromatic N) is 2. The molecule has 1 radical (unpaired) electrons. The van der Waals surface area contributed by atoms with Gasteiger partial charge in [0.1, 0.15) is 0 Å². The number of aromatic nitrogens is 2. The Hall–Kier alpha value is -1.74. The normalized spacial score (nSPS) is 12.0. The van der Waals surface area contributed by atoms with E-state index in [2.05, 4.69) is 40.3 Å². The van der Waals surface area contributed by atoms with Crippen LogP contribution in [0.3, 0.4) is 0 Å². The van der Waals surface area contributed by atoms with E-state index in [0.29, 0.717) is 0 Å². The van der Waals surface area contributed by atoms with E-state index < -0.39 is 0 Å². The quantitative estimate of drug-likeness (QED) is 0.239. The maximum Gasteiger partial charge on any atom is 0.0346 e. The molecule has 0 unspecified atom stereocenters. The van der Waals surface area contributed by atoms with Crippen molar-refractivity contribution < 1.29 is 20.1 Å². The van der Waals surface area contributed by atoms with E-state index in [4.69, 9.17) is 0 Å². The van der Waals surface area contributed by atoms with Crippen LogP contribution in [-0.4, -0.2) is 9.97 Å². The Kier molecular flexibility index (Phi) is 3.26. The molecule has 5 rings (SSSR count).